The lowest BCUT2D eigenvalue weighted by Crippen LogP contribution is -2.41. The molecule has 1 atom stereocenters. The predicted molar refractivity (Wildman–Crippen MR) is 44.1 cm³/mol. The normalized spacial score (nSPS) is 14.7. The van der Waals surface area contributed by atoms with Crippen molar-refractivity contribution in [2.75, 3.05) is 6.61 Å². The number of hydrogen-bond acceptors (Lipinski definition) is 4. The van der Waals surface area contributed by atoms with Gasteiger partial charge in [-0.1, -0.05) is 6.92 Å². The Morgan fingerprint density at radius 1 is 1.38 bits per heavy atom. The number of carbonyl (C=O) groups excluding carboxylic acids is 1. The van der Waals surface area contributed by atoms with E-state index in [2.05, 4.69) is 4.74 Å². The van der Waals surface area contributed by atoms with Crippen LogP contribution in [0.3, 0.4) is 0 Å². The Labute approximate surface area is 76.3 Å². The zero-order chi connectivity index (χ0) is 10.5. The van der Waals surface area contributed by atoms with E-state index in [4.69, 9.17) is 5.11 Å². The van der Waals surface area contributed by atoms with Crippen LogP contribution in [0.15, 0.2) is 0 Å². The van der Waals surface area contributed by atoms with Crippen molar-refractivity contribution in [3.8, 4) is 0 Å². The Morgan fingerprint density at radius 2 is 1.92 bits per heavy atom. The Kier molecular flexibility index (Phi) is 4.40. The van der Waals surface area contributed by atoms with Crippen molar-refractivity contribution in [1.29, 1.82) is 0 Å². The number of esters is 1. The van der Waals surface area contributed by atoms with E-state index in [1.54, 1.807) is 6.92 Å². The number of aliphatic hydroxyl groups is 1. The van der Waals surface area contributed by atoms with Gasteiger partial charge in [0.2, 0.25) is 0 Å². The minimum absolute atomic E-state index is 0.0259. The van der Waals surface area contributed by atoms with E-state index in [9.17, 15) is 14.7 Å². The number of ether oxygens (including phenoxy) is 1. The van der Waals surface area contributed by atoms with Gasteiger partial charge in [0.1, 0.15) is 0 Å². The van der Waals surface area contributed by atoms with Crippen LogP contribution < -0.4 is 0 Å². The van der Waals surface area contributed by atoms with Crippen LogP contribution in [0.2, 0.25) is 0 Å². The molecule has 5 nitrogen and oxygen atoms in total. The number of hydrogen-bond donors (Lipinski definition) is 2. The van der Waals surface area contributed by atoms with E-state index in [0.29, 0.717) is 0 Å². The van der Waals surface area contributed by atoms with Crippen molar-refractivity contribution in [3.63, 3.8) is 0 Å². The monoisotopic (exact) mass is 190 g/mol. The van der Waals surface area contributed by atoms with Gasteiger partial charge in [0.05, 0.1) is 13.0 Å². The van der Waals surface area contributed by atoms with Gasteiger partial charge in [-0.15, -0.1) is 0 Å². The molecule has 2 N–H and O–H groups in total. The molecule has 0 aromatic rings. The molecule has 0 saturated carbocycles. The molecule has 13 heavy (non-hydrogen) atoms. The summed E-state index contributed by atoms with van der Waals surface area (Å²) in [6, 6.07) is 0. The number of aliphatic carboxylic acids is 1. The van der Waals surface area contributed by atoms with Gasteiger partial charge in [-0.2, -0.15) is 0 Å². The van der Waals surface area contributed by atoms with Crippen molar-refractivity contribution in [2.45, 2.75) is 32.3 Å². The number of rotatable bonds is 5. The largest absolute Gasteiger partial charge is 0.481 e. The minimum atomic E-state index is -1.89. The molecule has 5 heteroatoms. The molecule has 0 radical (unpaired) electrons. The van der Waals surface area contributed by atoms with Gasteiger partial charge in [-0.25, -0.2) is 4.79 Å². The molecule has 0 aromatic carbocycles. The van der Waals surface area contributed by atoms with E-state index < -0.39 is 24.0 Å². The quantitative estimate of drug-likeness (QED) is 0.603. The fourth-order valence-electron chi connectivity index (χ4n) is 0.857. The summed E-state index contributed by atoms with van der Waals surface area (Å²) >= 11 is 0. The van der Waals surface area contributed by atoms with E-state index in [0.717, 1.165) is 0 Å². The predicted octanol–water partition coefficient (Wildman–Crippen LogP) is 0.165. The summed E-state index contributed by atoms with van der Waals surface area (Å²) in [5.74, 6) is -2.10. The molecule has 0 aliphatic carbocycles. The lowest BCUT2D eigenvalue weighted by Gasteiger charge is -2.21. The van der Waals surface area contributed by atoms with Crippen molar-refractivity contribution >= 4 is 11.9 Å². The van der Waals surface area contributed by atoms with Gasteiger partial charge in [-0.05, 0) is 13.3 Å². The lowest BCUT2D eigenvalue weighted by atomic mass is 9.97. The maximum atomic E-state index is 11.1. The third kappa shape index (κ3) is 3.42. The van der Waals surface area contributed by atoms with Gasteiger partial charge in [-0.3, -0.25) is 4.79 Å². The Hall–Kier alpha value is -1.10. The Balaban J connectivity index is 4.42. The summed E-state index contributed by atoms with van der Waals surface area (Å²) in [7, 11) is 0. The first kappa shape index (κ1) is 11.9. The summed E-state index contributed by atoms with van der Waals surface area (Å²) in [5, 5.41) is 18.0. The average Bonchev–Trinajstić information content (AvgIpc) is 2.03. The highest BCUT2D eigenvalue weighted by Gasteiger charge is 2.37. The standard InChI is InChI=1S/C8H14O5/c1-3-8(12,5-6(9)10)7(11)13-4-2/h12H,3-5H2,1-2H3,(H,9,10)/t8-/m0/s1. The maximum Gasteiger partial charge on any atom is 0.338 e. The molecule has 0 bridgehead atoms. The van der Waals surface area contributed by atoms with Gasteiger partial charge < -0.3 is 14.9 Å². The van der Waals surface area contributed by atoms with Crippen LogP contribution >= 0.6 is 0 Å². The molecule has 0 heterocycles. The SMILES string of the molecule is CCOC(=O)[C@](O)(CC)CC(=O)O. The molecule has 0 spiro atoms. The van der Waals surface area contributed by atoms with E-state index in [-0.39, 0.29) is 13.0 Å². The van der Waals surface area contributed by atoms with Gasteiger partial charge in [0, 0.05) is 0 Å². The second-order valence-electron chi connectivity index (χ2n) is 2.68. The first-order valence-corrected chi connectivity index (χ1v) is 4.07. The number of carboxylic acids is 1. The van der Waals surface area contributed by atoms with E-state index in [1.165, 1.54) is 6.92 Å². The average molecular weight is 190 g/mol. The molecular weight excluding hydrogens is 176 g/mol. The number of carbonyl (C=O) groups is 2. The van der Waals surface area contributed by atoms with Crippen molar-refractivity contribution in [3.05, 3.63) is 0 Å². The summed E-state index contributed by atoms with van der Waals surface area (Å²) in [6.07, 6.45) is -0.597. The molecule has 76 valence electrons. The molecule has 0 aliphatic heterocycles. The van der Waals surface area contributed by atoms with Crippen LogP contribution in [0, 0.1) is 0 Å². The van der Waals surface area contributed by atoms with Crippen LogP contribution in [0.4, 0.5) is 0 Å². The zero-order valence-electron chi connectivity index (χ0n) is 7.74. The summed E-state index contributed by atoms with van der Waals surface area (Å²) in [5.41, 5.74) is -1.89. The first-order chi connectivity index (χ1) is 5.96. The van der Waals surface area contributed by atoms with Crippen molar-refractivity contribution in [2.24, 2.45) is 0 Å². The minimum Gasteiger partial charge on any atom is -0.481 e. The van der Waals surface area contributed by atoms with Crippen molar-refractivity contribution < 1.29 is 24.5 Å². The lowest BCUT2D eigenvalue weighted by molar-refractivity contribution is -0.170. The topological polar surface area (TPSA) is 83.8 Å². The van der Waals surface area contributed by atoms with Crippen LogP contribution in [-0.2, 0) is 14.3 Å². The highest BCUT2D eigenvalue weighted by molar-refractivity contribution is 5.84. The van der Waals surface area contributed by atoms with Crippen LogP contribution in [0.1, 0.15) is 26.7 Å². The summed E-state index contributed by atoms with van der Waals surface area (Å²) < 4.78 is 4.55. The smallest absolute Gasteiger partial charge is 0.338 e. The fourth-order valence-corrected chi connectivity index (χ4v) is 0.857. The number of carboxylic acid groups (broad SMARTS) is 1. The third-order valence-corrected chi connectivity index (χ3v) is 1.68. The molecule has 0 aliphatic rings. The molecule has 0 aromatic heterocycles. The van der Waals surface area contributed by atoms with Crippen molar-refractivity contribution in [1.82, 2.24) is 0 Å². The molecule has 0 rings (SSSR count). The van der Waals surface area contributed by atoms with Crippen LogP contribution in [-0.4, -0.2) is 34.4 Å². The van der Waals surface area contributed by atoms with E-state index in [1.807, 2.05) is 0 Å². The second kappa shape index (κ2) is 4.81. The molecule has 0 fully saturated rings. The Bertz CT molecular complexity index is 201. The van der Waals surface area contributed by atoms with Gasteiger partial charge >= 0.3 is 11.9 Å². The first-order valence-electron chi connectivity index (χ1n) is 4.07. The molecule has 0 amide bonds. The zero-order valence-corrected chi connectivity index (χ0v) is 7.74. The highest BCUT2D eigenvalue weighted by Crippen LogP contribution is 2.16. The van der Waals surface area contributed by atoms with Gasteiger partial charge in [0.15, 0.2) is 5.60 Å². The van der Waals surface area contributed by atoms with E-state index >= 15 is 0 Å². The molecular formula is C8H14O5. The third-order valence-electron chi connectivity index (χ3n) is 1.68. The molecule has 0 unspecified atom stereocenters. The maximum absolute atomic E-state index is 11.1. The second-order valence-corrected chi connectivity index (χ2v) is 2.68. The highest BCUT2D eigenvalue weighted by atomic mass is 16.5. The fraction of sp³-hybridized carbons (Fsp3) is 0.750. The summed E-state index contributed by atoms with van der Waals surface area (Å²) in [6.45, 7) is 3.25. The molecule has 0 saturated heterocycles. The van der Waals surface area contributed by atoms with Crippen LogP contribution in [0.5, 0.6) is 0 Å². The van der Waals surface area contributed by atoms with Crippen LogP contribution in [0.25, 0.3) is 0 Å². The van der Waals surface area contributed by atoms with Gasteiger partial charge in [0.25, 0.3) is 0 Å². The Morgan fingerprint density at radius 3 is 2.23 bits per heavy atom. The summed E-state index contributed by atoms with van der Waals surface area (Å²) in [4.78, 5) is 21.4.